The number of nitrogens with zero attached hydrogens (tertiary/aromatic N) is 1. The first kappa shape index (κ1) is 15.2. The number of likely N-dealkylation sites (tertiary alicyclic amines) is 1. The van der Waals surface area contributed by atoms with Crippen LogP contribution in [-0.2, 0) is 4.79 Å². The van der Waals surface area contributed by atoms with Gasteiger partial charge in [0.05, 0.1) is 17.8 Å². The second kappa shape index (κ2) is 5.82. The lowest BCUT2D eigenvalue weighted by molar-refractivity contribution is -0.907. The molecule has 2 heterocycles. The molecule has 3 rings (SSSR count). The Morgan fingerprint density at radius 2 is 2.14 bits per heavy atom. The van der Waals surface area contributed by atoms with Gasteiger partial charge in [0.25, 0.3) is 5.78 Å². The third-order valence-corrected chi connectivity index (χ3v) is 4.64. The third kappa shape index (κ3) is 2.66. The number of hydrogen-bond donors (Lipinski definition) is 2. The highest BCUT2D eigenvalue weighted by Crippen LogP contribution is 2.31. The number of amides is 1. The normalized spacial score (nSPS) is 25.0. The molecule has 0 bridgehead atoms. The van der Waals surface area contributed by atoms with E-state index in [9.17, 15) is 14.7 Å². The number of anilines is 1. The van der Waals surface area contributed by atoms with Gasteiger partial charge in [-0.1, -0.05) is 19.9 Å². The molecule has 1 fully saturated rings. The molecule has 1 aromatic rings. The van der Waals surface area contributed by atoms with Crippen molar-refractivity contribution >= 4 is 17.4 Å². The fourth-order valence-electron chi connectivity index (χ4n) is 3.33. The minimum Gasteiger partial charge on any atom is -0.387 e. The molecule has 0 aromatic heterocycles. The molecular formula is C17H23N2O3+. The molecule has 0 aliphatic carbocycles. The van der Waals surface area contributed by atoms with Gasteiger partial charge >= 0.3 is 5.91 Å². The molecule has 1 amide bonds. The number of fused-ring (bicyclic) bond motifs is 1. The summed E-state index contributed by atoms with van der Waals surface area (Å²) in [6.45, 7) is 6.15. The van der Waals surface area contributed by atoms with Gasteiger partial charge in [-0.3, -0.25) is 14.5 Å². The number of carbonyl (C=O) groups is 2. The topological polar surface area (TPSA) is 62.0 Å². The number of piperidine rings is 1. The van der Waals surface area contributed by atoms with Gasteiger partial charge in [0.2, 0.25) is 0 Å². The average molecular weight is 303 g/mol. The van der Waals surface area contributed by atoms with E-state index in [0.717, 1.165) is 29.8 Å². The summed E-state index contributed by atoms with van der Waals surface area (Å²) < 4.78 is 0. The van der Waals surface area contributed by atoms with Gasteiger partial charge in [-0.25, -0.2) is 0 Å². The smallest absolute Gasteiger partial charge is 0.303 e. The molecule has 2 atom stereocenters. The Morgan fingerprint density at radius 3 is 2.82 bits per heavy atom. The molecule has 2 aliphatic rings. The molecule has 118 valence electrons. The van der Waals surface area contributed by atoms with Gasteiger partial charge in [0.15, 0.2) is 6.67 Å². The van der Waals surface area contributed by atoms with Crippen molar-refractivity contribution in [3.63, 3.8) is 0 Å². The SMILES string of the molecule is CC(C)c1ccc2c(c1)C(=O)C(=O)N2C[NH+]1CCC[C@H](O)C1. The Balaban J connectivity index is 1.85. The number of ketones is 1. The maximum atomic E-state index is 12.3. The number of quaternary nitrogens is 1. The summed E-state index contributed by atoms with van der Waals surface area (Å²) in [4.78, 5) is 27.3. The van der Waals surface area contributed by atoms with Crippen LogP contribution in [0, 0.1) is 0 Å². The van der Waals surface area contributed by atoms with Gasteiger partial charge in [-0.2, -0.15) is 0 Å². The Morgan fingerprint density at radius 1 is 1.36 bits per heavy atom. The molecular weight excluding hydrogens is 280 g/mol. The van der Waals surface area contributed by atoms with Crippen LogP contribution >= 0.6 is 0 Å². The van der Waals surface area contributed by atoms with Crippen molar-refractivity contribution in [2.75, 3.05) is 24.7 Å². The molecule has 1 saturated heterocycles. The summed E-state index contributed by atoms with van der Waals surface area (Å²) in [5.74, 6) is -0.525. The lowest BCUT2D eigenvalue weighted by atomic mass is 9.99. The van der Waals surface area contributed by atoms with Crippen LogP contribution in [0.25, 0.3) is 0 Å². The molecule has 0 spiro atoms. The van der Waals surface area contributed by atoms with Gasteiger partial charge < -0.3 is 10.0 Å². The number of carbonyl (C=O) groups excluding carboxylic acids is 2. The molecule has 1 aromatic carbocycles. The van der Waals surface area contributed by atoms with E-state index in [0.29, 0.717) is 30.4 Å². The van der Waals surface area contributed by atoms with E-state index in [1.54, 1.807) is 4.90 Å². The Hall–Kier alpha value is -1.72. The van der Waals surface area contributed by atoms with Crippen LogP contribution < -0.4 is 9.80 Å². The summed E-state index contributed by atoms with van der Waals surface area (Å²) in [5.41, 5.74) is 2.31. The summed E-state index contributed by atoms with van der Waals surface area (Å²) in [6.07, 6.45) is 1.47. The predicted molar refractivity (Wildman–Crippen MR) is 83.2 cm³/mol. The zero-order valence-corrected chi connectivity index (χ0v) is 13.1. The Bertz CT molecular complexity index is 612. The highest BCUT2D eigenvalue weighted by atomic mass is 16.3. The summed E-state index contributed by atoms with van der Waals surface area (Å²) in [5, 5.41) is 9.77. The van der Waals surface area contributed by atoms with Gasteiger partial charge in [-0.05, 0) is 36.5 Å². The second-order valence-corrected chi connectivity index (χ2v) is 6.65. The maximum absolute atomic E-state index is 12.3. The van der Waals surface area contributed by atoms with Crippen molar-refractivity contribution in [2.45, 2.75) is 38.7 Å². The van der Waals surface area contributed by atoms with Crippen LogP contribution in [0.1, 0.15) is 48.5 Å². The van der Waals surface area contributed by atoms with Crippen molar-refractivity contribution < 1.29 is 19.6 Å². The highest BCUT2D eigenvalue weighted by molar-refractivity contribution is 6.52. The van der Waals surface area contributed by atoms with Crippen LogP contribution in [0.15, 0.2) is 18.2 Å². The van der Waals surface area contributed by atoms with Crippen LogP contribution in [0.3, 0.4) is 0 Å². The first-order valence-electron chi connectivity index (χ1n) is 7.99. The van der Waals surface area contributed by atoms with Crippen LogP contribution in [0.5, 0.6) is 0 Å². The number of Topliss-reactive ketones (excluding diaryl/α,β-unsaturated/α-hetero) is 1. The molecule has 0 saturated carbocycles. The van der Waals surface area contributed by atoms with Crippen molar-refractivity contribution in [3.8, 4) is 0 Å². The summed E-state index contributed by atoms with van der Waals surface area (Å²) >= 11 is 0. The summed E-state index contributed by atoms with van der Waals surface area (Å²) in [7, 11) is 0. The standard InChI is InChI=1S/C17H22N2O3/c1-11(2)12-5-6-15-14(8-12)16(21)17(22)19(15)10-18-7-3-4-13(20)9-18/h5-6,8,11,13,20H,3-4,7,9-10H2,1-2H3/p+1/t13-/m0/s1. The number of nitrogens with one attached hydrogen (secondary N) is 1. The minimum atomic E-state index is -0.441. The molecule has 22 heavy (non-hydrogen) atoms. The van der Waals surface area contributed by atoms with Crippen LogP contribution in [-0.4, -0.2) is 42.7 Å². The van der Waals surface area contributed by atoms with Gasteiger partial charge in [0.1, 0.15) is 12.6 Å². The van der Waals surface area contributed by atoms with E-state index < -0.39 is 11.7 Å². The summed E-state index contributed by atoms with van der Waals surface area (Å²) in [6, 6.07) is 5.72. The largest absolute Gasteiger partial charge is 0.387 e. The predicted octanol–water partition coefficient (Wildman–Crippen LogP) is 0.336. The van der Waals surface area contributed by atoms with Crippen molar-refractivity contribution in [1.29, 1.82) is 0 Å². The fraction of sp³-hybridized carbons (Fsp3) is 0.529. The molecule has 2 N–H and O–H groups in total. The van der Waals surface area contributed by atoms with Crippen LogP contribution in [0.4, 0.5) is 5.69 Å². The first-order chi connectivity index (χ1) is 10.5. The average Bonchev–Trinajstić information content (AvgIpc) is 2.72. The number of rotatable bonds is 3. The van der Waals surface area contributed by atoms with Crippen LogP contribution in [0.2, 0.25) is 0 Å². The number of aliphatic hydroxyl groups is 1. The monoisotopic (exact) mass is 303 g/mol. The zero-order valence-electron chi connectivity index (χ0n) is 13.1. The van der Waals surface area contributed by atoms with Crippen molar-refractivity contribution in [3.05, 3.63) is 29.3 Å². The van der Waals surface area contributed by atoms with E-state index in [2.05, 4.69) is 13.8 Å². The third-order valence-electron chi connectivity index (χ3n) is 4.64. The number of aliphatic hydroxyl groups excluding tert-OH is 1. The van der Waals surface area contributed by atoms with Crippen molar-refractivity contribution in [2.24, 2.45) is 0 Å². The molecule has 5 nitrogen and oxygen atoms in total. The molecule has 2 aliphatic heterocycles. The first-order valence-corrected chi connectivity index (χ1v) is 7.99. The van der Waals surface area contributed by atoms with Gasteiger partial charge in [0, 0.05) is 0 Å². The molecule has 1 unspecified atom stereocenters. The lowest BCUT2D eigenvalue weighted by Crippen LogP contribution is -3.15. The van der Waals surface area contributed by atoms with E-state index in [1.807, 2.05) is 18.2 Å². The molecule has 0 radical (unpaired) electrons. The fourth-order valence-corrected chi connectivity index (χ4v) is 3.33. The van der Waals surface area contributed by atoms with E-state index in [1.165, 1.54) is 0 Å². The number of benzene rings is 1. The Kier molecular flexibility index (Phi) is 4.02. The minimum absolute atomic E-state index is 0.306. The number of hydrogen-bond acceptors (Lipinski definition) is 3. The zero-order chi connectivity index (χ0) is 15.9. The maximum Gasteiger partial charge on any atom is 0.303 e. The molecule has 5 heteroatoms. The lowest BCUT2D eigenvalue weighted by Gasteiger charge is -2.30. The van der Waals surface area contributed by atoms with Gasteiger partial charge in [-0.15, -0.1) is 0 Å². The second-order valence-electron chi connectivity index (χ2n) is 6.65. The van der Waals surface area contributed by atoms with E-state index in [4.69, 9.17) is 0 Å². The Labute approximate surface area is 130 Å². The van der Waals surface area contributed by atoms with E-state index in [-0.39, 0.29) is 6.10 Å². The van der Waals surface area contributed by atoms with E-state index >= 15 is 0 Å². The highest BCUT2D eigenvalue weighted by Gasteiger charge is 2.38. The quantitative estimate of drug-likeness (QED) is 0.792. The van der Waals surface area contributed by atoms with Crippen molar-refractivity contribution in [1.82, 2.24) is 0 Å².